The molecule has 48 heavy (non-hydrogen) atoms. The zero-order valence-corrected chi connectivity index (χ0v) is 28.0. The Labute approximate surface area is 283 Å². The quantitative estimate of drug-likeness (QED) is 0.128. The fourth-order valence-electron chi connectivity index (χ4n) is 4.49. The van der Waals surface area contributed by atoms with Crippen molar-refractivity contribution in [1.82, 2.24) is 40.3 Å². The predicted molar refractivity (Wildman–Crippen MR) is 176 cm³/mol. The molecular formula is C31H35FN8O6S2. The Kier molecular flexibility index (Phi) is 12.3. The van der Waals surface area contributed by atoms with Gasteiger partial charge in [0.1, 0.15) is 61.4 Å². The molecule has 0 saturated carbocycles. The highest BCUT2D eigenvalue weighted by atomic mass is 32.2. The molecule has 0 bridgehead atoms. The van der Waals surface area contributed by atoms with E-state index in [2.05, 4.69) is 30.9 Å². The number of aliphatic hydroxyl groups excluding tert-OH is 1. The van der Waals surface area contributed by atoms with E-state index in [9.17, 15) is 19.1 Å². The molecule has 17 heteroatoms. The van der Waals surface area contributed by atoms with Crippen molar-refractivity contribution in [1.29, 1.82) is 0 Å². The monoisotopic (exact) mass is 698 g/mol. The molecule has 5 aromatic rings. The Bertz CT molecular complexity index is 1810. The average Bonchev–Trinajstić information content (AvgIpc) is 3.83. The van der Waals surface area contributed by atoms with Crippen molar-refractivity contribution in [2.75, 3.05) is 25.6 Å². The molecule has 3 aromatic heterocycles. The van der Waals surface area contributed by atoms with Crippen molar-refractivity contribution in [2.45, 2.75) is 51.4 Å². The fourth-order valence-corrected chi connectivity index (χ4v) is 6.33. The number of fused-ring (bicyclic) bond motifs is 1. The molecule has 0 fully saturated rings. The van der Waals surface area contributed by atoms with Crippen LogP contribution in [0.15, 0.2) is 54.9 Å². The SMILES string of the molecule is CCOC(=O)[C@@H](CSCc1cccc(OCc2cn(C(CO)CF)nn2)c1)NC(=O)Cn1cc(COc2ccc3nc(C)sc3c2)nn1. The first kappa shape index (κ1) is 34.7. The van der Waals surface area contributed by atoms with Crippen LogP contribution in [0, 0.1) is 6.92 Å². The number of esters is 1. The number of carbonyl (C=O) groups is 2. The molecule has 14 nitrogen and oxygen atoms in total. The number of halogens is 1. The molecule has 0 radical (unpaired) electrons. The van der Waals surface area contributed by atoms with Gasteiger partial charge < -0.3 is 24.6 Å². The summed E-state index contributed by atoms with van der Waals surface area (Å²) in [5.74, 6) is 1.15. The number of thioether (sulfide) groups is 1. The van der Waals surface area contributed by atoms with Crippen molar-refractivity contribution in [2.24, 2.45) is 0 Å². The molecule has 0 aliphatic rings. The van der Waals surface area contributed by atoms with E-state index in [1.54, 1.807) is 30.5 Å². The summed E-state index contributed by atoms with van der Waals surface area (Å²) in [4.78, 5) is 30.0. The van der Waals surface area contributed by atoms with Crippen LogP contribution in [0.25, 0.3) is 10.2 Å². The van der Waals surface area contributed by atoms with Crippen LogP contribution in [-0.4, -0.2) is 83.6 Å². The second kappa shape index (κ2) is 17.0. The van der Waals surface area contributed by atoms with E-state index in [1.165, 1.54) is 27.3 Å². The summed E-state index contributed by atoms with van der Waals surface area (Å²) < 4.78 is 33.6. The first-order chi connectivity index (χ1) is 23.3. The number of benzene rings is 2. The fraction of sp³-hybridized carbons (Fsp3) is 0.387. The van der Waals surface area contributed by atoms with Gasteiger partial charge in [-0.05, 0) is 49.7 Å². The van der Waals surface area contributed by atoms with Crippen LogP contribution in [0.1, 0.15) is 34.9 Å². The van der Waals surface area contributed by atoms with E-state index in [1.807, 2.05) is 43.3 Å². The van der Waals surface area contributed by atoms with E-state index < -0.39 is 30.6 Å². The number of ether oxygens (including phenoxy) is 3. The third-order valence-electron chi connectivity index (χ3n) is 6.81. The number of hydrogen-bond donors (Lipinski definition) is 2. The Morgan fingerprint density at radius 3 is 2.60 bits per heavy atom. The summed E-state index contributed by atoms with van der Waals surface area (Å²) in [7, 11) is 0. The molecule has 0 aliphatic heterocycles. The minimum atomic E-state index is -0.867. The minimum Gasteiger partial charge on any atom is -0.487 e. The minimum absolute atomic E-state index is 0.113. The highest BCUT2D eigenvalue weighted by Gasteiger charge is 2.23. The lowest BCUT2D eigenvalue weighted by Gasteiger charge is -2.17. The lowest BCUT2D eigenvalue weighted by molar-refractivity contribution is -0.146. The van der Waals surface area contributed by atoms with Crippen LogP contribution >= 0.6 is 23.1 Å². The van der Waals surface area contributed by atoms with Crippen LogP contribution in [0.5, 0.6) is 11.5 Å². The third kappa shape index (κ3) is 9.71. The first-order valence-electron chi connectivity index (χ1n) is 15.1. The maximum atomic E-state index is 13.0. The summed E-state index contributed by atoms with van der Waals surface area (Å²) >= 11 is 3.04. The lowest BCUT2D eigenvalue weighted by atomic mass is 10.2. The Morgan fingerprint density at radius 1 is 1.06 bits per heavy atom. The van der Waals surface area contributed by atoms with Crippen molar-refractivity contribution in [3.05, 3.63) is 76.8 Å². The summed E-state index contributed by atoms with van der Waals surface area (Å²) in [6.07, 6.45) is 3.16. The van der Waals surface area contributed by atoms with E-state index >= 15 is 0 Å². The third-order valence-corrected chi connectivity index (χ3v) is 8.85. The molecule has 2 aromatic carbocycles. The number of carbonyl (C=O) groups excluding carboxylic acids is 2. The zero-order valence-electron chi connectivity index (χ0n) is 26.3. The van der Waals surface area contributed by atoms with Gasteiger partial charge >= 0.3 is 5.97 Å². The number of thiazole rings is 1. The molecule has 254 valence electrons. The number of aryl methyl sites for hydroxylation is 1. The number of alkyl halides is 1. The van der Waals surface area contributed by atoms with Crippen LogP contribution in [0.3, 0.4) is 0 Å². The Morgan fingerprint density at radius 2 is 1.83 bits per heavy atom. The highest BCUT2D eigenvalue weighted by molar-refractivity contribution is 7.98. The number of aromatic nitrogens is 7. The number of hydrogen-bond acceptors (Lipinski definition) is 13. The average molecular weight is 699 g/mol. The number of nitrogens with one attached hydrogen (secondary N) is 1. The molecule has 2 atom stereocenters. The topological polar surface area (TPSA) is 168 Å². The molecule has 0 aliphatic carbocycles. The number of amides is 1. The second-order valence-electron chi connectivity index (χ2n) is 10.6. The van der Waals surface area contributed by atoms with Gasteiger partial charge in [0.15, 0.2) is 0 Å². The molecule has 0 spiro atoms. The summed E-state index contributed by atoms with van der Waals surface area (Å²) in [5, 5.41) is 28.9. The van der Waals surface area contributed by atoms with Crippen molar-refractivity contribution >= 4 is 45.2 Å². The summed E-state index contributed by atoms with van der Waals surface area (Å²) in [5.41, 5.74) is 2.90. The van der Waals surface area contributed by atoms with Crippen molar-refractivity contribution in [3.63, 3.8) is 0 Å². The normalized spacial score (nSPS) is 12.5. The maximum absolute atomic E-state index is 13.0. The van der Waals surface area contributed by atoms with Gasteiger partial charge in [0.25, 0.3) is 0 Å². The van der Waals surface area contributed by atoms with Gasteiger partial charge in [-0.3, -0.25) is 4.79 Å². The molecule has 5 rings (SSSR count). The number of rotatable bonds is 18. The second-order valence-corrected chi connectivity index (χ2v) is 12.8. The largest absolute Gasteiger partial charge is 0.487 e. The predicted octanol–water partition coefficient (Wildman–Crippen LogP) is 3.43. The smallest absolute Gasteiger partial charge is 0.329 e. The molecule has 3 heterocycles. The van der Waals surface area contributed by atoms with Crippen molar-refractivity contribution in [3.8, 4) is 11.5 Å². The van der Waals surface area contributed by atoms with Gasteiger partial charge in [-0.1, -0.05) is 22.6 Å². The van der Waals surface area contributed by atoms with Crippen molar-refractivity contribution < 1.29 is 33.3 Å². The van der Waals surface area contributed by atoms with Gasteiger partial charge in [-0.2, -0.15) is 11.8 Å². The van der Waals surface area contributed by atoms with E-state index in [4.69, 9.17) is 14.2 Å². The van der Waals surface area contributed by atoms with E-state index in [0.717, 1.165) is 20.8 Å². The molecule has 2 N–H and O–H groups in total. The first-order valence-corrected chi connectivity index (χ1v) is 17.0. The standard InChI is InChI=1S/C31H35FN8O6S2/c1-3-44-31(43)28(19-47-18-21-5-4-6-25(9-21)45-17-23-13-40(38-36-23)24(11-32)15-41)34-30(42)14-39-12-22(35-37-39)16-46-26-7-8-27-29(10-26)48-20(2)33-27/h4-10,12-13,24,28,41H,3,11,14-19H2,1-2H3,(H,34,42)/t24?,28-/m1/s1. The number of nitrogens with zero attached hydrogens (tertiary/aromatic N) is 7. The lowest BCUT2D eigenvalue weighted by Crippen LogP contribution is -2.45. The summed E-state index contributed by atoms with van der Waals surface area (Å²) in [6, 6.07) is 11.5. The van der Waals surface area contributed by atoms with Gasteiger partial charge in [0, 0.05) is 11.5 Å². The number of aliphatic hydroxyl groups is 1. The van der Waals surface area contributed by atoms with Crippen LogP contribution < -0.4 is 14.8 Å². The van der Waals surface area contributed by atoms with E-state index in [-0.39, 0.29) is 38.7 Å². The Hall–Kier alpha value is -4.61. The van der Waals surface area contributed by atoms with Gasteiger partial charge in [-0.15, -0.1) is 21.5 Å². The van der Waals surface area contributed by atoms with Crippen LogP contribution in [-0.2, 0) is 39.8 Å². The maximum Gasteiger partial charge on any atom is 0.329 e. The molecule has 0 saturated heterocycles. The van der Waals surface area contributed by atoms with E-state index in [0.29, 0.717) is 28.6 Å². The van der Waals surface area contributed by atoms with Gasteiger partial charge in [-0.25, -0.2) is 23.5 Å². The van der Waals surface area contributed by atoms with Crippen LogP contribution in [0.2, 0.25) is 0 Å². The van der Waals surface area contributed by atoms with Crippen LogP contribution in [0.4, 0.5) is 4.39 Å². The molecule has 1 unspecified atom stereocenters. The molecular weight excluding hydrogens is 664 g/mol. The van der Waals surface area contributed by atoms with Gasteiger partial charge in [0.2, 0.25) is 5.91 Å². The highest BCUT2D eigenvalue weighted by Crippen LogP contribution is 2.26. The summed E-state index contributed by atoms with van der Waals surface area (Å²) in [6.45, 7) is 2.85. The molecule has 1 amide bonds. The Balaban J connectivity index is 1.09. The zero-order chi connectivity index (χ0) is 33.9. The van der Waals surface area contributed by atoms with Gasteiger partial charge in [0.05, 0.1) is 40.8 Å².